The van der Waals surface area contributed by atoms with Gasteiger partial charge in [0.2, 0.25) is 5.91 Å². The molecule has 1 aliphatic rings. The van der Waals surface area contributed by atoms with E-state index in [2.05, 4.69) is 27.4 Å². The zero-order valence-corrected chi connectivity index (χ0v) is 16.2. The molecule has 2 aromatic rings. The number of nitrogens with zero attached hydrogens (tertiary/aromatic N) is 4. The standard InChI is InChI=1S/C20H27N5O2/c1-15-17(13-23(3)22-15)20(27)25-12-11-24(18(14-25)19(26)21-2)10-9-16-7-5-4-6-8-16/h4-8,13,18H,9-12,14H2,1-3H3,(H,21,26). The van der Waals surface area contributed by atoms with Crippen molar-refractivity contribution in [1.29, 1.82) is 0 Å². The molecule has 2 heterocycles. The van der Waals surface area contributed by atoms with Crippen LogP contribution in [0.1, 0.15) is 21.6 Å². The van der Waals surface area contributed by atoms with E-state index < -0.39 is 0 Å². The maximum absolute atomic E-state index is 12.9. The number of aromatic nitrogens is 2. The van der Waals surface area contributed by atoms with Crippen LogP contribution in [0.3, 0.4) is 0 Å². The minimum atomic E-state index is -0.339. The third-order valence-electron chi connectivity index (χ3n) is 5.10. The van der Waals surface area contributed by atoms with E-state index in [1.54, 1.807) is 29.9 Å². The van der Waals surface area contributed by atoms with Gasteiger partial charge >= 0.3 is 0 Å². The van der Waals surface area contributed by atoms with E-state index in [1.165, 1.54) is 5.56 Å². The van der Waals surface area contributed by atoms with E-state index in [9.17, 15) is 9.59 Å². The van der Waals surface area contributed by atoms with Crippen LogP contribution in [0, 0.1) is 6.92 Å². The molecule has 0 spiro atoms. The molecule has 3 rings (SSSR count). The topological polar surface area (TPSA) is 70.5 Å². The number of benzene rings is 1. The van der Waals surface area contributed by atoms with Gasteiger partial charge in [0.15, 0.2) is 0 Å². The Hall–Kier alpha value is -2.67. The van der Waals surface area contributed by atoms with Crippen LogP contribution in [0.5, 0.6) is 0 Å². The van der Waals surface area contributed by atoms with E-state index in [-0.39, 0.29) is 17.9 Å². The van der Waals surface area contributed by atoms with E-state index in [4.69, 9.17) is 0 Å². The molecule has 1 aliphatic heterocycles. The van der Waals surface area contributed by atoms with Crippen LogP contribution in [0.2, 0.25) is 0 Å². The molecular formula is C20H27N5O2. The highest BCUT2D eigenvalue weighted by Gasteiger charge is 2.34. The molecule has 1 aromatic heterocycles. The molecule has 144 valence electrons. The van der Waals surface area contributed by atoms with Crippen LogP contribution in [-0.2, 0) is 18.3 Å². The van der Waals surface area contributed by atoms with Gasteiger partial charge in [0.05, 0.1) is 11.3 Å². The molecule has 0 bridgehead atoms. The van der Waals surface area contributed by atoms with Gasteiger partial charge in [0.1, 0.15) is 6.04 Å². The number of hydrogen-bond donors (Lipinski definition) is 1. The summed E-state index contributed by atoms with van der Waals surface area (Å²) in [5, 5.41) is 7.00. The fraction of sp³-hybridized carbons (Fsp3) is 0.450. The zero-order chi connectivity index (χ0) is 19.4. The average Bonchev–Trinajstić information content (AvgIpc) is 3.03. The maximum Gasteiger partial charge on any atom is 0.257 e. The van der Waals surface area contributed by atoms with Crippen molar-refractivity contribution in [2.24, 2.45) is 7.05 Å². The Morgan fingerprint density at radius 1 is 1.22 bits per heavy atom. The van der Waals surface area contributed by atoms with Gasteiger partial charge in [-0.2, -0.15) is 5.10 Å². The van der Waals surface area contributed by atoms with E-state index in [1.807, 2.05) is 25.1 Å². The van der Waals surface area contributed by atoms with E-state index in [0.717, 1.165) is 13.0 Å². The van der Waals surface area contributed by atoms with Crippen LogP contribution in [0.15, 0.2) is 36.5 Å². The summed E-state index contributed by atoms with van der Waals surface area (Å²) in [5.74, 6) is -0.110. The van der Waals surface area contributed by atoms with Crippen LogP contribution in [0.4, 0.5) is 0 Å². The SMILES string of the molecule is CNC(=O)C1CN(C(=O)c2cn(C)nc2C)CCN1CCc1ccccc1. The maximum atomic E-state index is 12.9. The first-order valence-electron chi connectivity index (χ1n) is 9.28. The van der Waals surface area contributed by atoms with Crippen LogP contribution >= 0.6 is 0 Å². The van der Waals surface area contributed by atoms with Crippen molar-refractivity contribution < 1.29 is 9.59 Å². The molecule has 0 radical (unpaired) electrons. The van der Waals surface area contributed by atoms with Crippen molar-refractivity contribution in [3.05, 3.63) is 53.3 Å². The summed E-state index contributed by atoms with van der Waals surface area (Å²) in [6.07, 6.45) is 2.62. The molecule has 7 heteroatoms. The van der Waals surface area contributed by atoms with Crippen molar-refractivity contribution in [3.63, 3.8) is 0 Å². The number of aryl methyl sites for hydroxylation is 2. The van der Waals surface area contributed by atoms with Crippen LogP contribution < -0.4 is 5.32 Å². The normalized spacial score (nSPS) is 17.7. The third-order valence-corrected chi connectivity index (χ3v) is 5.10. The van der Waals surface area contributed by atoms with Gasteiger partial charge in [0, 0.05) is 46.5 Å². The Morgan fingerprint density at radius 2 is 1.96 bits per heavy atom. The summed E-state index contributed by atoms with van der Waals surface area (Å²) in [6, 6.07) is 9.91. The van der Waals surface area contributed by atoms with E-state index >= 15 is 0 Å². The number of carbonyl (C=O) groups is 2. The lowest BCUT2D eigenvalue weighted by Gasteiger charge is -2.40. The Balaban J connectivity index is 1.69. The number of carbonyl (C=O) groups excluding carboxylic acids is 2. The van der Waals surface area contributed by atoms with Crippen molar-refractivity contribution in [2.75, 3.05) is 33.2 Å². The molecule has 1 fully saturated rings. The number of amides is 2. The number of likely N-dealkylation sites (N-methyl/N-ethyl adjacent to an activating group) is 1. The molecule has 1 atom stereocenters. The fourth-order valence-corrected chi connectivity index (χ4v) is 3.59. The monoisotopic (exact) mass is 369 g/mol. The van der Waals surface area contributed by atoms with Gasteiger partial charge in [-0.05, 0) is 18.9 Å². The minimum absolute atomic E-state index is 0.0523. The molecule has 0 aliphatic carbocycles. The second kappa shape index (κ2) is 8.35. The second-order valence-electron chi connectivity index (χ2n) is 6.95. The summed E-state index contributed by atoms with van der Waals surface area (Å²) in [5.41, 5.74) is 2.56. The molecule has 1 N–H and O–H groups in total. The highest BCUT2D eigenvalue weighted by Crippen LogP contribution is 2.16. The first kappa shape index (κ1) is 19.1. The number of rotatable bonds is 5. The highest BCUT2D eigenvalue weighted by atomic mass is 16.2. The average molecular weight is 369 g/mol. The van der Waals surface area contributed by atoms with E-state index in [0.29, 0.717) is 30.9 Å². The minimum Gasteiger partial charge on any atom is -0.358 e. The van der Waals surface area contributed by atoms with Gasteiger partial charge in [-0.1, -0.05) is 30.3 Å². The van der Waals surface area contributed by atoms with Crippen molar-refractivity contribution in [3.8, 4) is 0 Å². The Labute approximate surface area is 159 Å². The van der Waals surface area contributed by atoms with Gasteiger partial charge < -0.3 is 10.2 Å². The van der Waals surface area contributed by atoms with Gasteiger partial charge in [-0.15, -0.1) is 0 Å². The smallest absolute Gasteiger partial charge is 0.257 e. The van der Waals surface area contributed by atoms with Gasteiger partial charge in [-0.3, -0.25) is 19.2 Å². The lowest BCUT2D eigenvalue weighted by Crippen LogP contribution is -2.60. The molecular weight excluding hydrogens is 342 g/mol. The van der Waals surface area contributed by atoms with Crippen molar-refractivity contribution in [1.82, 2.24) is 24.9 Å². The first-order chi connectivity index (χ1) is 13.0. The second-order valence-corrected chi connectivity index (χ2v) is 6.95. The summed E-state index contributed by atoms with van der Waals surface area (Å²) >= 11 is 0. The molecule has 1 aromatic carbocycles. The summed E-state index contributed by atoms with van der Waals surface area (Å²) in [6.45, 7) is 4.29. The summed E-state index contributed by atoms with van der Waals surface area (Å²) in [4.78, 5) is 29.3. The Morgan fingerprint density at radius 3 is 2.59 bits per heavy atom. The van der Waals surface area contributed by atoms with Crippen molar-refractivity contribution >= 4 is 11.8 Å². The predicted molar refractivity (Wildman–Crippen MR) is 103 cm³/mol. The quantitative estimate of drug-likeness (QED) is 0.848. The Bertz CT molecular complexity index is 802. The van der Waals surface area contributed by atoms with Gasteiger partial charge in [0.25, 0.3) is 5.91 Å². The lowest BCUT2D eigenvalue weighted by atomic mass is 10.1. The zero-order valence-electron chi connectivity index (χ0n) is 16.2. The molecule has 0 saturated carbocycles. The number of hydrogen-bond acceptors (Lipinski definition) is 4. The lowest BCUT2D eigenvalue weighted by molar-refractivity contribution is -0.127. The fourth-order valence-electron chi connectivity index (χ4n) is 3.59. The third kappa shape index (κ3) is 4.36. The number of piperazine rings is 1. The Kier molecular flexibility index (Phi) is 5.91. The first-order valence-corrected chi connectivity index (χ1v) is 9.28. The summed E-state index contributed by atoms with van der Waals surface area (Å²) < 4.78 is 1.65. The molecule has 7 nitrogen and oxygen atoms in total. The predicted octanol–water partition coefficient (Wildman–Crippen LogP) is 0.844. The molecule has 27 heavy (non-hydrogen) atoms. The number of nitrogens with one attached hydrogen (secondary N) is 1. The molecule has 1 unspecified atom stereocenters. The molecule has 2 amide bonds. The highest BCUT2D eigenvalue weighted by molar-refractivity contribution is 5.95. The van der Waals surface area contributed by atoms with Gasteiger partial charge in [-0.25, -0.2) is 0 Å². The van der Waals surface area contributed by atoms with Crippen LogP contribution in [0.25, 0.3) is 0 Å². The summed E-state index contributed by atoms with van der Waals surface area (Å²) in [7, 11) is 3.45. The van der Waals surface area contributed by atoms with Crippen LogP contribution in [-0.4, -0.2) is 70.7 Å². The molecule has 1 saturated heterocycles. The largest absolute Gasteiger partial charge is 0.358 e. The van der Waals surface area contributed by atoms with Crippen molar-refractivity contribution in [2.45, 2.75) is 19.4 Å².